The lowest BCUT2D eigenvalue weighted by Gasteiger charge is -2.00. The van der Waals surface area contributed by atoms with E-state index in [4.69, 9.17) is 16.0 Å². The summed E-state index contributed by atoms with van der Waals surface area (Å²) in [4.78, 5) is 16.2. The lowest BCUT2D eigenvalue weighted by Crippen LogP contribution is -2.04. The maximum atomic E-state index is 13.5. The van der Waals surface area contributed by atoms with Crippen LogP contribution in [0.15, 0.2) is 52.1 Å². The summed E-state index contributed by atoms with van der Waals surface area (Å²) in [6.07, 6.45) is 0. The van der Waals surface area contributed by atoms with Crippen LogP contribution in [0.25, 0.3) is 11.1 Å². The molecule has 6 heteroatoms. The van der Waals surface area contributed by atoms with Crippen LogP contribution in [-0.4, -0.2) is 16.5 Å². The Morgan fingerprint density at radius 3 is 2.90 bits per heavy atom. The Morgan fingerprint density at radius 2 is 2.10 bits per heavy atom. The second-order valence-corrected chi connectivity index (χ2v) is 5.65. The van der Waals surface area contributed by atoms with E-state index in [1.165, 1.54) is 12.1 Å². The van der Waals surface area contributed by atoms with Gasteiger partial charge in [0.25, 0.3) is 5.22 Å². The van der Waals surface area contributed by atoms with E-state index in [2.05, 4.69) is 4.98 Å². The van der Waals surface area contributed by atoms with Crippen molar-refractivity contribution < 1.29 is 13.6 Å². The van der Waals surface area contributed by atoms with Crippen molar-refractivity contribution in [2.24, 2.45) is 0 Å². The van der Waals surface area contributed by atoms with Gasteiger partial charge >= 0.3 is 0 Å². The first-order valence-electron chi connectivity index (χ1n) is 6.10. The Balaban J connectivity index is 1.74. The zero-order valence-corrected chi connectivity index (χ0v) is 12.2. The first-order chi connectivity index (χ1) is 10.1. The van der Waals surface area contributed by atoms with Crippen molar-refractivity contribution in [2.75, 3.05) is 5.75 Å². The molecule has 0 aliphatic carbocycles. The van der Waals surface area contributed by atoms with Crippen molar-refractivity contribution in [3.05, 3.63) is 58.9 Å². The van der Waals surface area contributed by atoms with Gasteiger partial charge in [-0.1, -0.05) is 35.5 Å². The Kier molecular flexibility index (Phi) is 3.94. The molecular formula is C15H9ClFNO2S. The number of aromatic nitrogens is 1. The van der Waals surface area contributed by atoms with E-state index in [1.54, 1.807) is 30.3 Å². The number of oxazole rings is 1. The van der Waals surface area contributed by atoms with Gasteiger partial charge in [0, 0.05) is 5.02 Å². The highest BCUT2D eigenvalue weighted by atomic mass is 35.5. The van der Waals surface area contributed by atoms with Crippen LogP contribution in [0.5, 0.6) is 0 Å². The van der Waals surface area contributed by atoms with Crippen LogP contribution in [0, 0.1) is 5.82 Å². The zero-order chi connectivity index (χ0) is 14.8. The first-order valence-corrected chi connectivity index (χ1v) is 7.46. The van der Waals surface area contributed by atoms with Crippen molar-refractivity contribution in [1.29, 1.82) is 0 Å². The second-order valence-electron chi connectivity index (χ2n) is 4.28. The number of thioether (sulfide) groups is 1. The summed E-state index contributed by atoms with van der Waals surface area (Å²) in [5, 5.41) is 0.923. The van der Waals surface area contributed by atoms with E-state index in [0.717, 1.165) is 11.8 Å². The SMILES string of the molecule is O=C(CSc1nc2cc(Cl)ccc2o1)c1ccccc1F. The molecule has 0 saturated heterocycles. The molecule has 0 fully saturated rings. The van der Waals surface area contributed by atoms with Gasteiger partial charge in [0.2, 0.25) is 0 Å². The van der Waals surface area contributed by atoms with Crippen LogP contribution in [0.2, 0.25) is 5.02 Å². The fraction of sp³-hybridized carbons (Fsp3) is 0.0667. The van der Waals surface area contributed by atoms with Gasteiger partial charge in [-0.3, -0.25) is 4.79 Å². The summed E-state index contributed by atoms with van der Waals surface area (Å²) in [5.41, 5.74) is 1.30. The smallest absolute Gasteiger partial charge is 0.257 e. The molecule has 0 bridgehead atoms. The minimum atomic E-state index is -0.521. The van der Waals surface area contributed by atoms with Gasteiger partial charge in [-0.25, -0.2) is 9.37 Å². The van der Waals surface area contributed by atoms with Gasteiger partial charge in [0.1, 0.15) is 11.3 Å². The standard InChI is InChI=1S/C15H9ClFNO2S/c16-9-5-6-14-12(7-9)18-15(20-14)21-8-13(19)10-3-1-2-4-11(10)17/h1-7H,8H2. The maximum absolute atomic E-state index is 13.5. The minimum Gasteiger partial charge on any atom is -0.431 e. The third-order valence-electron chi connectivity index (χ3n) is 2.83. The number of fused-ring (bicyclic) bond motifs is 1. The van der Waals surface area contributed by atoms with Gasteiger partial charge in [-0.2, -0.15) is 0 Å². The number of hydrogen-bond donors (Lipinski definition) is 0. The van der Waals surface area contributed by atoms with Gasteiger partial charge in [-0.15, -0.1) is 0 Å². The number of ketones is 1. The zero-order valence-electron chi connectivity index (χ0n) is 10.7. The third kappa shape index (κ3) is 3.09. The lowest BCUT2D eigenvalue weighted by molar-refractivity contribution is 0.101. The molecule has 0 N–H and O–H groups in total. The van der Waals surface area contributed by atoms with Crippen LogP contribution in [-0.2, 0) is 0 Å². The molecule has 1 heterocycles. The van der Waals surface area contributed by atoms with E-state index in [0.29, 0.717) is 21.3 Å². The number of benzene rings is 2. The highest BCUT2D eigenvalue weighted by Crippen LogP contribution is 2.26. The number of rotatable bonds is 4. The van der Waals surface area contributed by atoms with E-state index >= 15 is 0 Å². The van der Waals surface area contributed by atoms with E-state index in [9.17, 15) is 9.18 Å². The lowest BCUT2D eigenvalue weighted by atomic mass is 10.1. The fourth-order valence-electron chi connectivity index (χ4n) is 1.83. The fourth-order valence-corrected chi connectivity index (χ4v) is 2.72. The summed E-state index contributed by atoms with van der Waals surface area (Å²) < 4.78 is 19.0. The quantitative estimate of drug-likeness (QED) is 0.520. The van der Waals surface area contributed by atoms with Crippen LogP contribution < -0.4 is 0 Å². The monoisotopic (exact) mass is 321 g/mol. The topological polar surface area (TPSA) is 43.1 Å². The molecular weight excluding hydrogens is 313 g/mol. The molecule has 0 saturated carbocycles. The number of carbonyl (C=O) groups is 1. The van der Waals surface area contributed by atoms with Crippen LogP contribution >= 0.6 is 23.4 Å². The molecule has 3 nitrogen and oxygen atoms in total. The second kappa shape index (κ2) is 5.87. The number of hydrogen-bond acceptors (Lipinski definition) is 4. The van der Waals surface area contributed by atoms with Crippen molar-refractivity contribution in [3.8, 4) is 0 Å². The number of carbonyl (C=O) groups excluding carboxylic acids is 1. The molecule has 0 unspecified atom stereocenters. The average molecular weight is 322 g/mol. The van der Waals surface area contributed by atoms with E-state index < -0.39 is 5.82 Å². The molecule has 1 aromatic heterocycles. The van der Waals surface area contributed by atoms with Crippen LogP contribution in [0.4, 0.5) is 4.39 Å². The van der Waals surface area contributed by atoms with Crippen molar-refractivity contribution in [1.82, 2.24) is 4.98 Å². The van der Waals surface area contributed by atoms with Gasteiger partial charge < -0.3 is 4.42 Å². The maximum Gasteiger partial charge on any atom is 0.257 e. The van der Waals surface area contributed by atoms with E-state index in [-0.39, 0.29) is 17.1 Å². The van der Waals surface area contributed by atoms with E-state index in [1.807, 2.05) is 0 Å². The first kappa shape index (κ1) is 14.1. The van der Waals surface area contributed by atoms with Crippen LogP contribution in [0.1, 0.15) is 10.4 Å². The molecule has 106 valence electrons. The van der Waals surface area contributed by atoms with Crippen molar-refractivity contribution in [3.63, 3.8) is 0 Å². The predicted octanol–water partition coefficient (Wildman–Crippen LogP) is 4.60. The molecule has 0 aliphatic rings. The molecule has 0 spiro atoms. The largest absolute Gasteiger partial charge is 0.431 e. The third-order valence-corrected chi connectivity index (χ3v) is 3.89. The molecule has 3 aromatic rings. The van der Waals surface area contributed by atoms with Crippen molar-refractivity contribution in [2.45, 2.75) is 5.22 Å². The molecule has 21 heavy (non-hydrogen) atoms. The molecule has 2 aromatic carbocycles. The molecule has 0 aliphatic heterocycles. The summed E-state index contributed by atoms with van der Waals surface area (Å²) >= 11 is 7.00. The highest BCUT2D eigenvalue weighted by Gasteiger charge is 2.14. The normalized spacial score (nSPS) is 11.0. The summed E-state index contributed by atoms with van der Waals surface area (Å²) in [5.74, 6) is -0.771. The predicted molar refractivity (Wildman–Crippen MR) is 80.5 cm³/mol. The molecule has 3 rings (SSSR count). The van der Waals surface area contributed by atoms with Gasteiger partial charge in [0.05, 0.1) is 11.3 Å². The molecule has 0 amide bonds. The van der Waals surface area contributed by atoms with Crippen molar-refractivity contribution >= 4 is 40.2 Å². The Morgan fingerprint density at radius 1 is 1.29 bits per heavy atom. The summed E-state index contributed by atoms with van der Waals surface area (Å²) in [7, 11) is 0. The molecule has 0 radical (unpaired) electrons. The summed E-state index contributed by atoms with van der Waals surface area (Å²) in [6, 6.07) is 11.0. The van der Waals surface area contributed by atoms with Crippen LogP contribution in [0.3, 0.4) is 0 Å². The number of nitrogens with zero attached hydrogens (tertiary/aromatic N) is 1. The average Bonchev–Trinajstić information content (AvgIpc) is 2.87. The minimum absolute atomic E-state index is 0.0570. The number of Topliss-reactive ketones (excluding diaryl/α,β-unsaturated/α-hetero) is 1. The Bertz CT molecular complexity index is 818. The Labute approximate surface area is 129 Å². The highest BCUT2D eigenvalue weighted by molar-refractivity contribution is 7.99. The summed E-state index contributed by atoms with van der Waals surface area (Å²) in [6.45, 7) is 0. The van der Waals surface area contributed by atoms with Gasteiger partial charge in [0.15, 0.2) is 11.4 Å². The Hall–Kier alpha value is -1.85. The van der Waals surface area contributed by atoms with Gasteiger partial charge in [-0.05, 0) is 30.3 Å². The molecule has 0 atom stereocenters. The number of halogens is 2.